The SMILES string of the molecule is C/C=C/C=C/C(=O)C1C(COC(C)=O)=C(C(=O)OC(c2ccccc2)c2ccccc2)N2C(=O)[C@@H](NC(=O)COc3ccccc3)[C@H]2S1=O. The molecule has 11 nitrogen and oxygen atoms in total. The van der Waals surface area contributed by atoms with Gasteiger partial charge in [-0.3, -0.25) is 28.3 Å². The lowest BCUT2D eigenvalue weighted by Gasteiger charge is -2.50. The number of fused-ring (bicyclic) bond motifs is 1. The molecule has 1 N–H and O–H groups in total. The summed E-state index contributed by atoms with van der Waals surface area (Å²) in [6.07, 6.45) is 4.97. The minimum Gasteiger partial charge on any atom is -0.484 e. The van der Waals surface area contributed by atoms with Crippen LogP contribution in [0.5, 0.6) is 5.75 Å². The largest absolute Gasteiger partial charge is 0.484 e. The van der Waals surface area contributed by atoms with E-state index in [1.807, 2.05) is 12.1 Å². The molecule has 3 aromatic rings. The Kier molecular flexibility index (Phi) is 11.3. The van der Waals surface area contributed by atoms with Crippen molar-refractivity contribution in [3.8, 4) is 5.75 Å². The van der Waals surface area contributed by atoms with E-state index in [9.17, 15) is 28.2 Å². The Hall–Kier alpha value is -5.62. The number of amides is 2. The minimum absolute atomic E-state index is 0.157. The first kappa shape index (κ1) is 34.7. The van der Waals surface area contributed by atoms with Crippen LogP contribution in [0.3, 0.4) is 0 Å². The van der Waals surface area contributed by atoms with Gasteiger partial charge in [-0.15, -0.1) is 0 Å². The number of ether oxygens (including phenoxy) is 3. The van der Waals surface area contributed by atoms with Crippen LogP contribution in [-0.4, -0.2) is 68.5 Å². The van der Waals surface area contributed by atoms with E-state index in [1.54, 1.807) is 97.9 Å². The molecule has 2 aliphatic heterocycles. The molecule has 2 unspecified atom stereocenters. The molecule has 0 bridgehead atoms. The first-order chi connectivity index (χ1) is 23.7. The van der Waals surface area contributed by atoms with Crippen molar-refractivity contribution in [2.75, 3.05) is 13.2 Å². The van der Waals surface area contributed by atoms with Crippen molar-refractivity contribution >= 4 is 40.3 Å². The maximum atomic E-state index is 14.3. The van der Waals surface area contributed by atoms with Crippen LogP contribution in [0, 0.1) is 0 Å². The van der Waals surface area contributed by atoms with Crippen LogP contribution >= 0.6 is 0 Å². The lowest BCUT2D eigenvalue weighted by molar-refractivity contribution is -0.155. The molecule has 12 heteroatoms. The predicted molar refractivity (Wildman–Crippen MR) is 180 cm³/mol. The van der Waals surface area contributed by atoms with Crippen LogP contribution in [0.15, 0.2) is 127 Å². The molecule has 0 aromatic heterocycles. The number of para-hydroxylation sites is 1. The summed E-state index contributed by atoms with van der Waals surface area (Å²) in [6, 6.07) is 25.0. The van der Waals surface area contributed by atoms with Gasteiger partial charge in [-0.25, -0.2) is 4.79 Å². The van der Waals surface area contributed by atoms with Gasteiger partial charge in [0.25, 0.3) is 11.8 Å². The average molecular weight is 683 g/mol. The molecule has 252 valence electrons. The summed E-state index contributed by atoms with van der Waals surface area (Å²) in [7, 11) is -2.21. The Labute approximate surface area is 285 Å². The maximum absolute atomic E-state index is 14.3. The number of allylic oxidation sites excluding steroid dienone is 4. The molecule has 0 radical (unpaired) electrons. The van der Waals surface area contributed by atoms with Gasteiger partial charge in [0.2, 0.25) is 0 Å². The Morgan fingerprint density at radius 2 is 1.49 bits per heavy atom. The Morgan fingerprint density at radius 3 is 2.06 bits per heavy atom. The van der Waals surface area contributed by atoms with E-state index in [4.69, 9.17) is 14.2 Å². The molecule has 0 spiro atoms. The van der Waals surface area contributed by atoms with E-state index < -0.39 is 76.3 Å². The van der Waals surface area contributed by atoms with Crippen LogP contribution < -0.4 is 10.1 Å². The number of nitrogens with one attached hydrogen (secondary N) is 1. The number of benzene rings is 3. The van der Waals surface area contributed by atoms with E-state index in [2.05, 4.69) is 5.32 Å². The smallest absolute Gasteiger partial charge is 0.356 e. The number of β-lactam (4-membered cyclic amide) rings is 1. The molecule has 1 saturated heterocycles. The number of hydrogen-bond acceptors (Lipinski definition) is 9. The fraction of sp³-hybridized carbons (Fsp3) is 0.216. The zero-order valence-electron chi connectivity index (χ0n) is 26.7. The maximum Gasteiger partial charge on any atom is 0.356 e. The highest BCUT2D eigenvalue weighted by atomic mass is 32.2. The van der Waals surface area contributed by atoms with E-state index >= 15 is 0 Å². The summed E-state index contributed by atoms with van der Waals surface area (Å²) >= 11 is 0. The topological polar surface area (TPSA) is 145 Å². The van der Waals surface area contributed by atoms with Gasteiger partial charge in [0, 0.05) is 12.5 Å². The third-order valence-corrected chi connectivity index (χ3v) is 9.62. The normalized spacial score (nSPS) is 20.1. The van der Waals surface area contributed by atoms with Gasteiger partial charge in [-0.2, -0.15) is 0 Å². The highest BCUT2D eigenvalue weighted by Gasteiger charge is 2.61. The molecule has 2 heterocycles. The molecular weight excluding hydrogens is 648 g/mol. The number of rotatable bonds is 13. The zero-order chi connectivity index (χ0) is 34.9. The van der Waals surface area contributed by atoms with Gasteiger partial charge < -0.3 is 19.5 Å². The Morgan fingerprint density at radius 1 is 0.898 bits per heavy atom. The Balaban J connectivity index is 1.54. The fourth-order valence-electron chi connectivity index (χ4n) is 5.45. The summed E-state index contributed by atoms with van der Waals surface area (Å²) in [6.45, 7) is 1.83. The highest BCUT2D eigenvalue weighted by molar-refractivity contribution is 7.87. The van der Waals surface area contributed by atoms with Crippen molar-refractivity contribution in [3.63, 3.8) is 0 Å². The van der Waals surface area contributed by atoms with E-state index in [0.717, 1.165) is 11.8 Å². The van der Waals surface area contributed by atoms with Crippen molar-refractivity contribution in [1.29, 1.82) is 0 Å². The second kappa shape index (κ2) is 16.0. The molecule has 3 aromatic carbocycles. The van der Waals surface area contributed by atoms with E-state index in [0.29, 0.717) is 16.9 Å². The number of carbonyl (C=O) groups is 5. The molecule has 2 amide bonds. The van der Waals surface area contributed by atoms with Gasteiger partial charge >= 0.3 is 11.9 Å². The summed E-state index contributed by atoms with van der Waals surface area (Å²) < 4.78 is 31.0. The number of hydrogen-bond donors (Lipinski definition) is 1. The summed E-state index contributed by atoms with van der Waals surface area (Å²) in [5.74, 6) is -3.42. The van der Waals surface area contributed by atoms with Crippen LogP contribution in [0.2, 0.25) is 0 Å². The number of carbonyl (C=O) groups excluding carboxylic acids is 5. The first-order valence-corrected chi connectivity index (χ1v) is 16.7. The summed E-state index contributed by atoms with van der Waals surface area (Å²) in [5.41, 5.74) is 0.716. The quantitative estimate of drug-likeness (QED) is 0.123. The fourth-order valence-corrected chi connectivity index (χ4v) is 7.36. The number of esters is 2. The van der Waals surface area contributed by atoms with Crippen LogP contribution in [0.4, 0.5) is 0 Å². The molecule has 5 rings (SSSR count). The average Bonchev–Trinajstić information content (AvgIpc) is 3.11. The first-order valence-electron chi connectivity index (χ1n) is 15.4. The molecule has 1 fully saturated rings. The van der Waals surface area contributed by atoms with E-state index in [-0.39, 0.29) is 11.3 Å². The summed E-state index contributed by atoms with van der Waals surface area (Å²) in [4.78, 5) is 67.5. The van der Waals surface area contributed by atoms with Crippen molar-refractivity contribution in [2.24, 2.45) is 0 Å². The van der Waals surface area contributed by atoms with E-state index in [1.165, 1.54) is 12.2 Å². The van der Waals surface area contributed by atoms with Gasteiger partial charge in [0.15, 0.2) is 18.5 Å². The lowest BCUT2D eigenvalue weighted by atomic mass is 9.98. The van der Waals surface area contributed by atoms with Crippen LogP contribution in [0.1, 0.15) is 31.1 Å². The van der Waals surface area contributed by atoms with Gasteiger partial charge in [-0.1, -0.05) is 97.1 Å². The van der Waals surface area contributed by atoms with Gasteiger partial charge in [0.1, 0.15) is 34.7 Å². The van der Waals surface area contributed by atoms with Crippen LogP contribution in [0.25, 0.3) is 0 Å². The second-order valence-corrected chi connectivity index (χ2v) is 12.6. The molecule has 2 aliphatic rings. The van der Waals surface area contributed by atoms with Gasteiger partial charge in [0.05, 0.1) is 10.8 Å². The van der Waals surface area contributed by atoms with Crippen LogP contribution in [-0.2, 0) is 44.2 Å². The number of ketones is 1. The second-order valence-electron chi connectivity index (χ2n) is 11.0. The van der Waals surface area contributed by atoms with Gasteiger partial charge in [-0.05, 0) is 36.3 Å². The van der Waals surface area contributed by atoms with Crippen molar-refractivity contribution in [1.82, 2.24) is 10.2 Å². The van der Waals surface area contributed by atoms with Crippen molar-refractivity contribution in [2.45, 2.75) is 36.6 Å². The zero-order valence-corrected chi connectivity index (χ0v) is 27.5. The third kappa shape index (κ3) is 7.92. The predicted octanol–water partition coefficient (Wildman–Crippen LogP) is 3.70. The van der Waals surface area contributed by atoms with Crippen molar-refractivity contribution in [3.05, 3.63) is 138 Å². The molecule has 0 aliphatic carbocycles. The monoisotopic (exact) mass is 682 g/mol. The standard InChI is InChI=1S/C37H34N2O9S/c1-3-4-8-21-29(41)34-28(22-46-24(2)40)32(37(44)48-33(25-15-9-5-10-16-25)26-17-11-6-12-18-26)39-35(43)31(36(39)49(34)45)38-30(42)23-47-27-19-13-7-14-20-27/h3-21,31,33-34,36H,22-23H2,1-2H3,(H,38,42)/b4-3+,21-8+/t31-,34?,36-,49?/m1/s1. The number of nitrogens with zero attached hydrogens (tertiary/aromatic N) is 1. The summed E-state index contributed by atoms with van der Waals surface area (Å²) in [5, 5.41) is -0.276. The molecule has 49 heavy (non-hydrogen) atoms. The molecule has 4 atom stereocenters. The highest BCUT2D eigenvalue weighted by Crippen LogP contribution is 2.40. The minimum atomic E-state index is -2.21. The molecular formula is C37H34N2O9S. The Bertz CT molecular complexity index is 1780. The molecule has 0 saturated carbocycles. The lowest BCUT2D eigenvalue weighted by Crippen LogP contribution is -2.75. The third-order valence-electron chi connectivity index (χ3n) is 7.68. The van der Waals surface area contributed by atoms with Crippen molar-refractivity contribution < 1.29 is 42.4 Å².